The van der Waals surface area contributed by atoms with Crippen molar-refractivity contribution in [2.45, 2.75) is 6.92 Å². The topological polar surface area (TPSA) is 122 Å². The Balaban J connectivity index is 1.66. The minimum atomic E-state index is 0.618. The van der Waals surface area contributed by atoms with E-state index in [1.54, 1.807) is 24.8 Å². The molecule has 0 aromatic carbocycles. The van der Waals surface area contributed by atoms with Gasteiger partial charge in [0, 0.05) is 69.7 Å². The SMILES string of the molecule is C=N/C=C(\C=C(/C)N)c1cnc2n[nH]c(-c3cc4c(-c5cccnc5)nccc4[nH]3)c2c1. The van der Waals surface area contributed by atoms with Gasteiger partial charge in [-0.2, -0.15) is 5.10 Å². The van der Waals surface area contributed by atoms with Crippen LogP contribution in [0.2, 0.25) is 0 Å². The first kappa shape index (κ1) is 19.4. The number of aromatic nitrogens is 6. The highest BCUT2D eigenvalue weighted by molar-refractivity contribution is 5.99. The van der Waals surface area contributed by atoms with E-state index in [-0.39, 0.29) is 0 Å². The molecule has 0 saturated heterocycles. The molecule has 0 fully saturated rings. The van der Waals surface area contributed by atoms with Gasteiger partial charge in [0.25, 0.3) is 0 Å². The largest absolute Gasteiger partial charge is 0.402 e. The van der Waals surface area contributed by atoms with Crippen LogP contribution in [0.25, 0.3) is 50.2 Å². The van der Waals surface area contributed by atoms with Crippen LogP contribution in [0.3, 0.4) is 0 Å². The Labute approximate surface area is 183 Å². The van der Waals surface area contributed by atoms with Gasteiger partial charge in [0.1, 0.15) is 0 Å². The highest BCUT2D eigenvalue weighted by atomic mass is 15.2. The molecule has 8 nitrogen and oxygen atoms in total. The number of rotatable bonds is 5. The lowest BCUT2D eigenvalue weighted by molar-refractivity contribution is 1.10. The Bertz CT molecular complexity index is 1500. The Morgan fingerprint density at radius 2 is 2.03 bits per heavy atom. The number of nitrogens with one attached hydrogen (secondary N) is 2. The van der Waals surface area contributed by atoms with E-state index in [0.29, 0.717) is 11.3 Å². The summed E-state index contributed by atoms with van der Waals surface area (Å²) in [5, 5.41) is 9.37. The van der Waals surface area contributed by atoms with Crippen LogP contribution < -0.4 is 5.73 Å². The van der Waals surface area contributed by atoms with Crippen molar-refractivity contribution in [2.24, 2.45) is 10.7 Å². The van der Waals surface area contributed by atoms with Crippen molar-refractivity contribution in [3.05, 3.63) is 78.7 Å². The second-order valence-corrected chi connectivity index (χ2v) is 7.39. The Morgan fingerprint density at radius 3 is 2.81 bits per heavy atom. The van der Waals surface area contributed by atoms with E-state index in [0.717, 1.165) is 50.1 Å². The molecule has 0 bridgehead atoms. The smallest absolute Gasteiger partial charge is 0.181 e. The number of allylic oxidation sites excluding steroid dienone is 3. The van der Waals surface area contributed by atoms with Gasteiger partial charge in [-0.15, -0.1) is 0 Å². The molecule has 5 rings (SSSR count). The van der Waals surface area contributed by atoms with Gasteiger partial charge >= 0.3 is 0 Å². The fourth-order valence-corrected chi connectivity index (χ4v) is 3.72. The minimum Gasteiger partial charge on any atom is -0.402 e. The van der Waals surface area contributed by atoms with Crippen molar-refractivity contribution in [1.29, 1.82) is 0 Å². The molecule has 0 atom stereocenters. The number of aliphatic imine (C=N–C) groups is 1. The summed E-state index contributed by atoms with van der Waals surface area (Å²) < 4.78 is 0. The third kappa shape index (κ3) is 3.43. The van der Waals surface area contributed by atoms with Crippen molar-refractivity contribution < 1.29 is 0 Å². The predicted molar refractivity (Wildman–Crippen MR) is 128 cm³/mol. The number of nitrogens with zero attached hydrogens (tertiary/aromatic N) is 5. The summed E-state index contributed by atoms with van der Waals surface area (Å²) in [5.74, 6) is 0. The molecule has 0 spiro atoms. The summed E-state index contributed by atoms with van der Waals surface area (Å²) in [4.78, 5) is 20.7. The molecule has 0 radical (unpaired) electrons. The normalized spacial score (nSPS) is 12.5. The van der Waals surface area contributed by atoms with E-state index in [2.05, 4.69) is 47.9 Å². The molecule has 5 aromatic rings. The summed E-state index contributed by atoms with van der Waals surface area (Å²) in [6, 6.07) is 9.93. The zero-order chi connectivity index (χ0) is 22.1. The minimum absolute atomic E-state index is 0.618. The molecule has 8 heteroatoms. The molecular formula is C24H20N8. The van der Waals surface area contributed by atoms with Crippen LogP contribution in [0.5, 0.6) is 0 Å². The second-order valence-electron chi connectivity index (χ2n) is 7.39. The monoisotopic (exact) mass is 420 g/mol. The molecular weight excluding hydrogens is 400 g/mol. The van der Waals surface area contributed by atoms with Crippen LogP contribution in [0.1, 0.15) is 12.5 Å². The van der Waals surface area contributed by atoms with Gasteiger partial charge in [-0.25, -0.2) is 4.98 Å². The quantitative estimate of drug-likeness (QED) is 0.286. The number of aromatic amines is 2. The summed E-state index contributed by atoms with van der Waals surface area (Å²) in [6.07, 6.45) is 10.6. The average Bonchev–Trinajstić information content (AvgIpc) is 3.42. The van der Waals surface area contributed by atoms with Gasteiger partial charge in [-0.05, 0) is 50.0 Å². The lowest BCUT2D eigenvalue weighted by Crippen LogP contribution is -1.92. The third-order valence-corrected chi connectivity index (χ3v) is 5.11. The Kier molecular flexibility index (Phi) is 4.79. The molecule has 4 N–H and O–H groups in total. The molecule has 156 valence electrons. The maximum atomic E-state index is 5.88. The molecule has 0 aliphatic rings. The van der Waals surface area contributed by atoms with Crippen LogP contribution in [0, 0.1) is 0 Å². The average molecular weight is 420 g/mol. The lowest BCUT2D eigenvalue weighted by atomic mass is 10.1. The van der Waals surface area contributed by atoms with Crippen molar-refractivity contribution in [2.75, 3.05) is 0 Å². The molecule has 5 aromatic heterocycles. The first-order valence-electron chi connectivity index (χ1n) is 9.97. The maximum absolute atomic E-state index is 5.88. The van der Waals surface area contributed by atoms with Crippen LogP contribution in [0.4, 0.5) is 0 Å². The predicted octanol–water partition coefficient (Wildman–Crippen LogP) is 4.47. The lowest BCUT2D eigenvalue weighted by Gasteiger charge is -2.03. The number of hydrogen-bond donors (Lipinski definition) is 3. The van der Waals surface area contributed by atoms with Crippen molar-refractivity contribution in [3.8, 4) is 22.6 Å². The number of pyridine rings is 3. The molecule has 0 aliphatic carbocycles. The summed E-state index contributed by atoms with van der Waals surface area (Å²) >= 11 is 0. The van der Waals surface area contributed by atoms with Crippen LogP contribution >= 0.6 is 0 Å². The van der Waals surface area contributed by atoms with Gasteiger partial charge < -0.3 is 10.7 Å². The summed E-state index contributed by atoms with van der Waals surface area (Å²) in [7, 11) is 0. The molecule has 32 heavy (non-hydrogen) atoms. The Hall–Kier alpha value is -4.59. The van der Waals surface area contributed by atoms with E-state index < -0.39 is 0 Å². The van der Waals surface area contributed by atoms with Crippen molar-refractivity contribution in [3.63, 3.8) is 0 Å². The van der Waals surface area contributed by atoms with Gasteiger partial charge in [-0.1, -0.05) is 0 Å². The third-order valence-electron chi connectivity index (χ3n) is 5.11. The molecule has 5 heterocycles. The van der Waals surface area contributed by atoms with Crippen molar-refractivity contribution in [1.82, 2.24) is 30.1 Å². The highest BCUT2D eigenvalue weighted by Crippen LogP contribution is 2.33. The molecule has 0 saturated carbocycles. The van der Waals surface area contributed by atoms with E-state index >= 15 is 0 Å². The zero-order valence-corrected chi connectivity index (χ0v) is 17.4. The number of fused-ring (bicyclic) bond motifs is 2. The molecule has 0 aliphatic heterocycles. The highest BCUT2D eigenvalue weighted by Gasteiger charge is 2.15. The summed E-state index contributed by atoms with van der Waals surface area (Å²) in [5.41, 5.74) is 13.4. The first-order valence-corrected chi connectivity index (χ1v) is 9.97. The van der Waals surface area contributed by atoms with E-state index in [9.17, 15) is 0 Å². The standard InChI is InChI=1S/C24H20N8/c1-14(25)8-16(11-26-2)17-9-19-23(31-32-24(19)29-13-17)21-10-18-20(30-21)5-7-28-22(18)15-4-3-6-27-12-15/h3-13,30H,2,25H2,1H3,(H,29,31,32)/b14-8+,16-11+. The first-order chi connectivity index (χ1) is 15.6. The second kappa shape index (κ2) is 7.92. The number of nitrogens with two attached hydrogens (primary N) is 1. The van der Waals surface area contributed by atoms with Gasteiger partial charge in [0.2, 0.25) is 0 Å². The van der Waals surface area contributed by atoms with Gasteiger partial charge in [0.15, 0.2) is 5.65 Å². The molecule has 0 amide bonds. The molecule has 0 unspecified atom stereocenters. The van der Waals surface area contributed by atoms with Crippen LogP contribution in [0.15, 0.2) is 78.1 Å². The number of H-pyrrole nitrogens is 2. The Morgan fingerprint density at radius 1 is 1.12 bits per heavy atom. The van der Waals surface area contributed by atoms with Gasteiger partial charge in [0.05, 0.1) is 17.1 Å². The van der Waals surface area contributed by atoms with Crippen molar-refractivity contribution >= 4 is 34.2 Å². The zero-order valence-electron chi connectivity index (χ0n) is 17.4. The van der Waals surface area contributed by atoms with Gasteiger partial charge in [-0.3, -0.25) is 20.1 Å². The number of hydrogen-bond acceptors (Lipinski definition) is 6. The summed E-state index contributed by atoms with van der Waals surface area (Å²) in [6.45, 7) is 5.38. The van der Waals surface area contributed by atoms with E-state index in [1.165, 1.54) is 0 Å². The van der Waals surface area contributed by atoms with E-state index in [4.69, 9.17) is 5.73 Å². The van der Waals surface area contributed by atoms with Crippen LogP contribution in [-0.4, -0.2) is 36.9 Å². The fraction of sp³-hybridized carbons (Fsp3) is 0.0417. The fourth-order valence-electron chi connectivity index (χ4n) is 3.72. The maximum Gasteiger partial charge on any atom is 0.181 e. The van der Waals surface area contributed by atoms with E-state index in [1.807, 2.05) is 43.5 Å². The van der Waals surface area contributed by atoms with Crippen LogP contribution in [-0.2, 0) is 0 Å².